The van der Waals surface area contributed by atoms with Crippen molar-refractivity contribution >= 4 is 23.1 Å². The summed E-state index contributed by atoms with van der Waals surface area (Å²) in [6, 6.07) is 7.49. The third kappa shape index (κ3) is 1.55. The molecule has 0 saturated carbocycles. The number of pyridine rings is 1. The van der Waals surface area contributed by atoms with Crippen molar-refractivity contribution in [1.29, 1.82) is 0 Å². The Kier molecular flexibility index (Phi) is 2.48. The number of para-hydroxylation sites is 1. The molecule has 0 radical (unpaired) electrons. The highest BCUT2D eigenvalue weighted by atomic mass is 32.1. The molecule has 0 saturated heterocycles. The Morgan fingerprint density at radius 3 is 2.83 bits per heavy atom. The van der Waals surface area contributed by atoms with Gasteiger partial charge in [0.15, 0.2) is 5.82 Å². The van der Waals surface area contributed by atoms with Crippen molar-refractivity contribution in [2.24, 2.45) is 0 Å². The van der Waals surface area contributed by atoms with E-state index >= 15 is 0 Å². The van der Waals surface area contributed by atoms with E-state index in [9.17, 15) is 4.39 Å². The second-order valence-electron chi connectivity index (χ2n) is 4.07. The molecule has 5 heteroatoms. The van der Waals surface area contributed by atoms with E-state index in [0.29, 0.717) is 5.69 Å². The molecule has 0 aliphatic heterocycles. The first-order valence-corrected chi connectivity index (χ1v) is 5.89. The van der Waals surface area contributed by atoms with Crippen molar-refractivity contribution in [3.63, 3.8) is 0 Å². The van der Waals surface area contributed by atoms with Crippen molar-refractivity contribution in [3.05, 3.63) is 52.9 Å². The Morgan fingerprint density at radius 2 is 2.11 bits per heavy atom. The van der Waals surface area contributed by atoms with E-state index < -0.39 is 5.82 Å². The van der Waals surface area contributed by atoms with Gasteiger partial charge in [-0.3, -0.25) is 4.57 Å². The fourth-order valence-corrected chi connectivity index (χ4v) is 2.24. The van der Waals surface area contributed by atoms with E-state index in [1.807, 2.05) is 31.2 Å². The van der Waals surface area contributed by atoms with Crippen LogP contribution in [0.5, 0.6) is 0 Å². The molecule has 0 amide bonds. The summed E-state index contributed by atoms with van der Waals surface area (Å²) in [5.74, 6) is -0.426. The zero-order valence-corrected chi connectivity index (χ0v) is 10.5. The minimum absolute atomic E-state index is 0.108. The van der Waals surface area contributed by atoms with Crippen molar-refractivity contribution in [3.8, 4) is 5.69 Å². The van der Waals surface area contributed by atoms with Gasteiger partial charge in [-0.05, 0) is 13.0 Å². The van der Waals surface area contributed by atoms with Crippen LogP contribution in [0.3, 0.4) is 0 Å². The number of aromatic nitrogens is 3. The molecular weight excluding hydrogens is 249 g/mol. The Balaban J connectivity index is 2.51. The summed E-state index contributed by atoms with van der Waals surface area (Å²) in [6.07, 6.45) is 3.28. The van der Waals surface area contributed by atoms with Gasteiger partial charge in [0.2, 0.25) is 0 Å². The van der Waals surface area contributed by atoms with Gasteiger partial charge >= 0.3 is 0 Å². The number of hydrogen-bond acceptors (Lipinski definition) is 2. The van der Waals surface area contributed by atoms with Gasteiger partial charge in [-0.2, -0.15) is 0 Å². The highest BCUT2D eigenvalue weighted by molar-refractivity contribution is 7.71. The molecule has 2 aromatic heterocycles. The standard InChI is InChI=1S/C13H10FN3S/c1-8-6-15-7-17(8)12-9-4-2-3-5-10(9)16-13(18)11(12)14/h2-7H,1H3,(H,16,18). The molecule has 0 spiro atoms. The SMILES string of the molecule is Cc1cncn1-c1c(F)c(=S)[nH]c2ccccc12. The number of benzene rings is 1. The molecule has 0 aliphatic rings. The van der Waals surface area contributed by atoms with Gasteiger partial charge in [0, 0.05) is 22.8 Å². The quantitative estimate of drug-likeness (QED) is 0.678. The number of fused-ring (bicyclic) bond motifs is 1. The number of nitrogens with one attached hydrogen (secondary N) is 1. The molecule has 1 N–H and O–H groups in total. The second-order valence-corrected chi connectivity index (χ2v) is 4.48. The van der Waals surface area contributed by atoms with Crippen molar-refractivity contribution in [2.75, 3.05) is 0 Å². The summed E-state index contributed by atoms with van der Waals surface area (Å²) in [5, 5.41) is 0.782. The lowest BCUT2D eigenvalue weighted by molar-refractivity contribution is 0.609. The summed E-state index contributed by atoms with van der Waals surface area (Å²) in [6.45, 7) is 1.88. The normalized spacial score (nSPS) is 11.0. The number of aromatic amines is 1. The second kappa shape index (κ2) is 4.03. The van der Waals surface area contributed by atoms with E-state index in [4.69, 9.17) is 12.2 Å². The molecule has 18 heavy (non-hydrogen) atoms. The Labute approximate surface area is 108 Å². The fourth-order valence-electron chi connectivity index (χ4n) is 2.03. The van der Waals surface area contributed by atoms with Crippen molar-refractivity contribution < 1.29 is 4.39 Å². The first kappa shape index (κ1) is 11.1. The molecule has 90 valence electrons. The van der Waals surface area contributed by atoms with Crippen molar-refractivity contribution in [2.45, 2.75) is 6.92 Å². The molecule has 0 fully saturated rings. The summed E-state index contributed by atoms with van der Waals surface area (Å²) in [7, 11) is 0. The van der Waals surface area contributed by atoms with Gasteiger partial charge in [-0.1, -0.05) is 30.4 Å². The van der Waals surface area contributed by atoms with Gasteiger partial charge in [0.05, 0.1) is 12.0 Å². The monoisotopic (exact) mass is 259 g/mol. The summed E-state index contributed by atoms with van der Waals surface area (Å²) >= 11 is 5.02. The van der Waals surface area contributed by atoms with Crippen LogP contribution in [0.1, 0.15) is 5.69 Å². The van der Waals surface area contributed by atoms with Crippen LogP contribution in [0.2, 0.25) is 0 Å². The number of aryl methyl sites for hydroxylation is 1. The third-order valence-corrected chi connectivity index (χ3v) is 3.18. The van der Waals surface area contributed by atoms with Crippen LogP contribution >= 0.6 is 12.2 Å². The topological polar surface area (TPSA) is 33.6 Å². The first-order chi connectivity index (χ1) is 8.68. The molecule has 0 unspecified atom stereocenters. The number of rotatable bonds is 1. The third-order valence-electron chi connectivity index (χ3n) is 2.90. The molecule has 0 bridgehead atoms. The minimum Gasteiger partial charge on any atom is -0.344 e. The number of H-pyrrole nitrogens is 1. The molecule has 1 aromatic carbocycles. The zero-order chi connectivity index (χ0) is 12.7. The molecule has 2 heterocycles. The highest BCUT2D eigenvalue weighted by Crippen LogP contribution is 2.25. The average molecular weight is 259 g/mol. The van der Waals surface area contributed by atoms with Gasteiger partial charge in [0.1, 0.15) is 4.64 Å². The van der Waals surface area contributed by atoms with Gasteiger partial charge < -0.3 is 4.98 Å². The highest BCUT2D eigenvalue weighted by Gasteiger charge is 2.13. The summed E-state index contributed by atoms with van der Waals surface area (Å²) in [5.41, 5.74) is 2.12. The van der Waals surface area contributed by atoms with E-state index in [-0.39, 0.29) is 4.64 Å². The van der Waals surface area contributed by atoms with Crippen LogP contribution in [0.25, 0.3) is 16.6 Å². The molecular formula is C13H10FN3S. The Hall–Kier alpha value is -2.01. The fraction of sp³-hybridized carbons (Fsp3) is 0.0769. The molecule has 0 atom stereocenters. The van der Waals surface area contributed by atoms with Crippen LogP contribution in [-0.4, -0.2) is 14.5 Å². The van der Waals surface area contributed by atoms with Gasteiger partial charge in [-0.15, -0.1) is 0 Å². The lowest BCUT2D eigenvalue weighted by atomic mass is 10.2. The zero-order valence-electron chi connectivity index (χ0n) is 9.64. The number of hydrogen-bond donors (Lipinski definition) is 1. The molecule has 3 nitrogen and oxygen atoms in total. The van der Waals surface area contributed by atoms with E-state index in [0.717, 1.165) is 16.6 Å². The first-order valence-electron chi connectivity index (χ1n) is 5.48. The largest absolute Gasteiger partial charge is 0.344 e. The molecule has 0 aliphatic carbocycles. The summed E-state index contributed by atoms with van der Waals surface area (Å²) < 4.78 is 16.1. The van der Waals surface area contributed by atoms with Crippen molar-refractivity contribution in [1.82, 2.24) is 14.5 Å². The smallest absolute Gasteiger partial charge is 0.182 e. The molecule has 3 aromatic rings. The Bertz CT molecular complexity index is 788. The minimum atomic E-state index is -0.426. The van der Waals surface area contributed by atoms with Crippen LogP contribution in [-0.2, 0) is 0 Å². The van der Waals surface area contributed by atoms with Crippen LogP contribution in [0.4, 0.5) is 4.39 Å². The van der Waals surface area contributed by atoms with Crippen LogP contribution in [0, 0.1) is 17.4 Å². The van der Waals surface area contributed by atoms with E-state index in [1.54, 1.807) is 17.1 Å². The van der Waals surface area contributed by atoms with Gasteiger partial charge in [0.25, 0.3) is 0 Å². The van der Waals surface area contributed by atoms with Crippen LogP contribution in [0.15, 0.2) is 36.8 Å². The molecule has 3 rings (SSSR count). The lowest BCUT2D eigenvalue weighted by Crippen LogP contribution is -2.02. The Morgan fingerprint density at radius 1 is 1.33 bits per heavy atom. The lowest BCUT2D eigenvalue weighted by Gasteiger charge is -2.10. The van der Waals surface area contributed by atoms with Gasteiger partial charge in [-0.25, -0.2) is 9.37 Å². The van der Waals surface area contributed by atoms with E-state index in [2.05, 4.69) is 9.97 Å². The number of halogens is 1. The number of imidazole rings is 1. The predicted molar refractivity (Wildman–Crippen MR) is 70.9 cm³/mol. The van der Waals surface area contributed by atoms with E-state index in [1.165, 1.54) is 0 Å². The maximum absolute atomic E-state index is 14.3. The number of nitrogens with zero attached hydrogens (tertiary/aromatic N) is 2. The predicted octanol–water partition coefficient (Wildman–Crippen LogP) is 3.53. The van der Waals surface area contributed by atoms with Crippen LogP contribution < -0.4 is 0 Å². The average Bonchev–Trinajstić information content (AvgIpc) is 2.77. The maximum Gasteiger partial charge on any atom is 0.182 e. The summed E-state index contributed by atoms with van der Waals surface area (Å²) in [4.78, 5) is 6.91. The maximum atomic E-state index is 14.3.